The van der Waals surface area contributed by atoms with Crippen molar-refractivity contribution in [2.45, 2.75) is 33.3 Å². The van der Waals surface area contributed by atoms with E-state index in [1.807, 2.05) is 45.0 Å². The fourth-order valence-electron chi connectivity index (χ4n) is 2.89. The maximum absolute atomic E-state index is 14.9. The summed E-state index contributed by atoms with van der Waals surface area (Å²) in [6, 6.07) is 10.7. The lowest BCUT2D eigenvalue weighted by molar-refractivity contribution is -0.106. The van der Waals surface area contributed by atoms with E-state index in [9.17, 15) is 4.39 Å². The van der Waals surface area contributed by atoms with Crippen LogP contribution in [-0.4, -0.2) is 51.7 Å². The highest BCUT2D eigenvalue weighted by molar-refractivity contribution is 5.83. The molecule has 0 bridgehead atoms. The summed E-state index contributed by atoms with van der Waals surface area (Å²) < 4.78 is 31.1. The molecular formula is C26H37FN4O4. The van der Waals surface area contributed by atoms with Gasteiger partial charge in [0, 0.05) is 49.1 Å². The van der Waals surface area contributed by atoms with Crippen LogP contribution in [0.3, 0.4) is 0 Å². The normalized spacial score (nSPS) is 10.9. The average molecular weight is 489 g/mol. The molecule has 0 aromatic heterocycles. The van der Waals surface area contributed by atoms with Gasteiger partial charge < -0.3 is 30.6 Å². The Hall–Kier alpha value is -3.43. The van der Waals surface area contributed by atoms with Crippen molar-refractivity contribution in [2.24, 2.45) is 10.7 Å². The molecule has 4 N–H and O–H groups in total. The molecule has 0 aliphatic heterocycles. The van der Waals surface area contributed by atoms with Gasteiger partial charge in [-0.05, 0) is 52.0 Å². The molecule has 0 saturated heterocycles. The molecule has 192 valence electrons. The number of ether oxygens (including phenoxy) is 3. The molecule has 1 amide bonds. The maximum Gasteiger partial charge on any atom is 0.204 e. The van der Waals surface area contributed by atoms with Crippen LogP contribution in [-0.2, 0) is 14.3 Å². The van der Waals surface area contributed by atoms with E-state index in [0.717, 1.165) is 11.4 Å². The quantitative estimate of drug-likeness (QED) is 0.221. The van der Waals surface area contributed by atoms with Crippen molar-refractivity contribution in [3.05, 3.63) is 54.4 Å². The third-order valence-corrected chi connectivity index (χ3v) is 4.32. The summed E-state index contributed by atoms with van der Waals surface area (Å²) in [4.78, 5) is 12.9. The molecule has 9 heteroatoms. The van der Waals surface area contributed by atoms with Gasteiger partial charge in [-0.15, -0.1) is 0 Å². The van der Waals surface area contributed by atoms with E-state index < -0.39 is 5.82 Å². The number of nitrogens with two attached hydrogens (primary N) is 1. The molecule has 2 rings (SSSR count). The number of rotatable bonds is 12. The molecule has 0 unspecified atom stereocenters. The highest BCUT2D eigenvalue weighted by Gasteiger charge is 2.15. The van der Waals surface area contributed by atoms with E-state index in [-0.39, 0.29) is 12.0 Å². The molecule has 0 saturated carbocycles. The summed E-state index contributed by atoms with van der Waals surface area (Å²) in [5.41, 5.74) is 6.92. The summed E-state index contributed by atoms with van der Waals surface area (Å²) in [5.74, 6) is -0.0716. The lowest BCUT2D eigenvalue weighted by Gasteiger charge is -2.19. The number of methoxy groups -OCH3 is 1. The Morgan fingerprint density at radius 3 is 2.34 bits per heavy atom. The largest absolute Gasteiger partial charge is 0.491 e. The number of nitrogens with zero attached hydrogens (tertiary/aromatic N) is 1. The summed E-state index contributed by atoms with van der Waals surface area (Å²) >= 11 is 0. The smallest absolute Gasteiger partial charge is 0.204 e. The van der Waals surface area contributed by atoms with E-state index in [1.165, 1.54) is 6.07 Å². The second-order valence-corrected chi connectivity index (χ2v) is 8.23. The highest BCUT2D eigenvalue weighted by Crippen LogP contribution is 2.33. The summed E-state index contributed by atoms with van der Waals surface area (Å²) in [6.07, 6.45) is 1.86. The van der Waals surface area contributed by atoms with Crippen LogP contribution in [0.4, 0.5) is 21.5 Å². The van der Waals surface area contributed by atoms with Crippen molar-refractivity contribution in [3.63, 3.8) is 0 Å². The molecule has 8 nitrogen and oxygen atoms in total. The van der Waals surface area contributed by atoms with Crippen LogP contribution >= 0.6 is 0 Å². The van der Waals surface area contributed by atoms with Crippen molar-refractivity contribution in [3.8, 4) is 5.75 Å². The predicted molar refractivity (Wildman–Crippen MR) is 141 cm³/mol. The number of amides is 1. The molecule has 0 atom stereocenters. The van der Waals surface area contributed by atoms with Crippen LogP contribution in [0.25, 0.3) is 5.70 Å². The number of hydrogen-bond donors (Lipinski definition) is 3. The summed E-state index contributed by atoms with van der Waals surface area (Å²) in [6.45, 7) is 13.9. The first-order valence-electron chi connectivity index (χ1n) is 11.2. The zero-order valence-corrected chi connectivity index (χ0v) is 21.2. The lowest BCUT2D eigenvalue weighted by atomic mass is 10.1. The van der Waals surface area contributed by atoms with Gasteiger partial charge in [-0.3, -0.25) is 9.79 Å². The van der Waals surface area contributed by atoms with Crippen molar-refractivity contribution in [1.82, 2.24) is 0 Å². The van der Waals surface area contributed by atoms with E-state index in [1.54, 1.807) is 26.3 Å². The van der Waals surface area contributed by atoms with Crippen molar-refractivity contribution in [2.75, 3.05) is 44.1 Å². The molecule has 0 spiro atoms. The van der Waals surface area contributed by atoms with Crippen molar-refractivity contribution < 1.29 is 23.4 Å². The maximum atomic E-state index is 14.9. The van der Waals surface area contributed by atoms with E-state index in [2.05, 4.69) is 27.9 Å². The third kappa shape index (κ3) is 11.5. The van der Waals surface area contributed by atoms with Crippen molar-refractivity contribution in [1.29, 1.82) is 0 Å². The topological polar surface area (TPSA) is 107 Å². The molecule has 0 aliphatic rings. The predicted octanol–water partition coefficient (Wildman–Crippen LogP) is 4.98. The number of aliphatic imine (C=N–C) groups is 1. The standard InChI is InChI=1S/C25H34FN3O3.CH3NO/c1-7-27-23-17-21(31-15-14-30-6)16-22(26)24(23)18(2)29-20-10-8-19(9-11-20)28-12-13-32-25(3,4)5;2-1-3/h7-11,16-17,28-29H,2,12-15H2,1,3-6H3;1H,(H2,2,3). The number of carbonyl (C=O) groups is 1. The molecule has 2 aromatic carbocycles. The molecule has 0 radical (unpaired) electrons. The van der Waals surface area contributed by atoms with Crippen LogP contribution in [0, 0.1) is 5.82 Å². The SMILES string of the molecule is C=C(Nc1ccc(NCCOC(C)(C)C)cc1)c1c(F)cc(OCCOC)cc1N=CC.NC=O. The number of primary amides is 1. The van der Waals surface area contributed by atoms with Gasteiger partial charge >= 0.3 is 0 Å². The number of benzene rings is 2. The van der Waals surface area contributed by atoms with Gasteiger partial charge in [-0.2, -0.15) is 0 Å². The van der Waals surface area contributed by atoms with Crippen molar-refractivity contribution >= 4 is 35.4 Å². The Morgan fingerprint density at radius 1 is 1.14 bits per heavy atom. The van der Waals surface area contributed by atoms with Gasteiger partial charge in [0.2, 0.25) is 6.41 Å². The first-order valence-corrected chi connectivity index (χ1v) is 11.2. The van der Waals surface area contributed by atoms with Gasteiger partial charge in [0.05, 0.1) is 30.1 Å². The molecule has 0 heterocycles. The summed E-state index contributed by atoms with van der Waals surface area (Å²) in [5, 5.41) is 6.48. The second kappa shape index (κ2) is 15.5. The average Bonchev–Trinajstić information content (AvgIpc) is 2.78. The fraction of sp³-hybridized carbons (Fsp3) is 0.385. The molecule has 0 aliphatic carbocycles. The lowest BCUT2D eigenvalue weighted by Crippen LogP contribution is -2.23. The number of carbonyl (C=O) groups excluding carboxylic acids is 1. The van der Waals surface area contributed by atoms with E-state index in [4.69, 9.17) is 19.0 Å². The molecule has 0 fully saturated rings. The second-order valence-electron chi connectivity index (χ2n) is 8.23. The Bertz CT molecular complexity index is 957. The zero-order chi connectivity index (χ0) is 26.3. The van der Waals surface area contributed by atoms with Gasteiger partial charge in [-0.25, -0.2) is 4.39 Å². The minimum Gasteiger partial charge on any atom is -0.491 e. The van der Waals surface area contributed by atoms with Crippen LogP contribution in [0.2, 0.25) is 0 Å². The Labute approximate surface area is 207 Å². The Balaban J connectivity index is 0.00000194. The monoisotopic (exact) mass is 488 g/mol. The number of halogens is 1. The Morgan fingerprint density at radius 2 is 1.77 bits per heavy atom. The molecule has 2 aromatic rings. The Kier molecular flexibility index (Phi) is 13.1. The van der Waals surface area contributed by atoms with Crippen LogP contribution < -0.4 is 21.1 Å². The van der Waals surface area contributed by atoms with E-state index >= 15 is 0 Å². The number of nitrogens with one attached hydrogen (secondary N) is 2. The number of hydrogen-bond acceptors (Lipinski definition) is 7. The third-order valence-electron chi connectivity index (χ3n) is 4.32. The molecule has 35 heavy (non-hydrogen) atoms. The first kappa shape index (κ1) is 29.6. The number of anilines is 2. The first-order chi connectivity index (χ1) is 16.6. The fourth-order valence-corrected chi connectivity index (χ4v) is 2.89. The zero-order valence-electron chi connectivity index (χ0n) is 21.2. The van der Waals surface area contributed by atoms with Crippen LogP contribution in [0.1, 0.15) is 33.3 Å². The molecular weight excluding hydrogens is 451 g/mol. The van der Waals surface area contributed by atoms with Gasteiger partial charge in [0.25, 0.3) is 0 Å². The van der Waals surface area contributed by atoms with Gasteiger partial charge in [0.1, 0.15) is 18.2 Å². The van der Waals surface area contributed by atoms with Crippen LogP contribution in [0.5, 0.6) is 5.75 Å². The minimum atomic E-state index is -0.463. The van der Waals surface area contributed by atoms with Gasteiger partial charge in [0.15, 0.2) is 0 Å². The highest BCUT2D eigenvalue weighted by atomic mass is 19.1. The van der Waals surface area contributed by atoms with Crippen LogP contribution in [0.15, 0.2) is 48.0 Å². The van der Waals surface area contributed by atoms with E-state index in [0.29, 0.717) is 49.1 Å². The minimum absolute atomic E-state index is 0.153. The summed E-state index contributed by atoms with van der Waals surface area (Å²) in [7, 11) is 1.58. The van der Waals surface area contributed by atoms with Gasteiger partial charge in [-0.1, -0.05) is 6.58 Å².